The highest BCUT2D eigenvalue weighted by Gasteiger charge is 2.14. The summed E-state index contributed by atoms with van der Waals surface area (Å²) < 4.78 is 1.84. The molecule has 0 spiro atoms. The number of para-hydroxylation sites is 1. The van der Waals surface area contributed by atoms with E-state index in [-0.39, 0.29) is 18.3 Å². The number of nitrogens with two attached hydrogens (primary N) is 1. The molecule has 1 heterocycles. The number of carbonyl (C=O) groups is 1. The highest BCUT2D eigenvalue weighted by Crippen LogP contribution is 2.08. The lowest BCUT2D eigenvalue weighted by molar-refractivity contribution is -0.122. The van der Waals surface area contributed by atoms with Gasteiger partial charge >= 0.3 is 0 Å². The first-order valence-corrected chi connectivity index (χ1v) is 8.08. The summed E-state index contributed by atoms with van der Waals surface area (Å²) in [6, 6.07) is 9.26. The predicted octanol–water partition coefficient (Wildman–Crippen LogP) is 1.39. The molecule has 0 aliphatic heterocycles. The Morgan fingerprint density at radius 2 is 2.14 bits per heavy atom. The number of halogens is 1. The monoisotopic (exact) mass is 341 g/mol. The van der Waals surface area contributed by atoms with Gasteiger partial charge in [0.05, 0.1) is 12.6 Å². The van der Waals surface area contributed by atoms with Gasteiger partial charge in [0.15, 0.2) is 5.82 Å². The molecule has 1 aromatic carbocycles. The molecule has 3 N–H and O–H groups in total. The number of aromatic nitrogens is 3. The van der Waals surface area contributed by atoms with Gasteiger partial charge in [-0.25, -0.2) is 0 Å². The van der Waals surface area contributed by atoms with Crippen molar-refractivity contribution in [2.45, 2.75) is 19.0 Å². The summed E-state index contributed by atoms with van der Waals surface area (Å²) in [6.45, 7) is 0.306. The van der Waals surface area contributed by atoms with Gasteiger partial charge in [-0.05, 0) is 30.6 Å². The number of nitrogens with zero attached hydrogens (tertiary/aromatic N) is 3. The molecule has 6 nitrogen and oxygen atoms in total. The number of amides is 1. The van der Waals surface area contributed by atoms with Crippen LogP contribution in [0, 0.1) is 0 Å². The number of thioether (sulfide) groups is 1. The lowest BCUT2D eigenvalue weighted by atomic mass is 10.2. The van der Waals surface area contributed by atoms with Crippen LogP contribution in [0.3, 0.4) is 0 Å². The normalized spacial score (nSPS) is 11.5. The average molecular weight is 342 g/mol. The van der Waals surface area contributed by atoms with Crippen LogP contribution in [0.5, 0.6) is 0 Å². The molecule has 0 bridgehead atoms. The first-order chi connectivity index (χ1) is 10.2. The van der Waals surface area contributed by atoms with Gasteiger partial charge in [0.25, 0.3) is 0 Å². The van der Waals surface area contributed by atoms with Crippen LogP contribution in [0.2, 0.25) is 0 Å². The van der Waals surface area contributed by atoms with Gasteiger partial charge in [0, 0.05) is 5.69 Å². The maximum atomic E-state index is 11.9. The van der Waals surface area contributed by atoms with Crippen LogP contribution in [0.1, 0.15) is 12.2 Å². The number of carbonyl (C=O) groups excluding carboxylic acids is 1. The van der Waals surface area contributed by atoms with Crippen molar-refractivity contribution in [3.8, 4) is 5.69 Å². The second-order valence-electron chi connectivity index (χ2n) is 4.56. The summed E-state index contributed by atoms with van der Waals surface area (Å²) in [4.78, 5) is 11.9. The molecule has 22 heavy (non-hydrogen) atoms. The largest absolute Gasteiger partial charge is 0.347 e. The quantitative estimate of drug-likeness (QED) is 0.794. The van der Waals surface area contributed by atoms with Gasteiger partial charge in [-0.2, -0.15) is 11.8 Å². The molecule has 1 unspecified atom stereocenters. The number of hydrogen-bond acceptors (Lipinski definition) is 5. The summed E-state index contributed by atoms with van der Waals surface area (Å²) in [7, 11) is 0. The molecule has 2 aromatic rings. The van der Waals surface area contributed by atoms with Gasteiger partial charge in [-0.3, -0.25) is 9.36 Å². The Morgan fingerprint density at radius 3 is 2.82 bits per heavy atom. The van der Waals surface area contributed by atoms with E-state index >= 15 is 0 Å². The molecule has 0 radical (unpaired) electrons. The van der Waals surface area contributed by atoms with E-state index in [0.29, 0.717) is 18.8 Å². The van der Waals surface area contributed by atoms with E-state index in [9.17, 15) is 4.79 Å². The standard InChI is InChI=1S/C14H19N5OS.ClH/c1-21-8-7-12(15)14(20)16-9-13-18-17-10-19(13)11-5-3-2-4-6-11;/h2-6,10,12H,7-9,15H2,1H3,(H,16,20);1H. The molecule has 1 aromatic heterocycles. The second kappa shape index (κ2) is 9.45. The highest BCUT2D eigenvalue weighted by atomic mass is 35.5. The number of benzene rings is 1. The Bertz CT molecular complexity index is 578. The van der Waals surface area contributed by atoms with E-state index in [1.807, 2.05) is 41.2 Å². The first kappa shape index (κ1) is 18.5. The fourth-order valence-corrected chi connectivity index (χ4v) is 2.35. The van der Waals surface area contributed by atoms with Crippen molar-refractivity contribution in [2.24, 2.45) is 5.73 Å². The Balaban J connectivity index is 0.00000242. The summed E-state index contributed by atoms with van der Waals surface area (Å²) in [5.41, 5.74) is 6.78. The minimum atomic E-state index is -0.481. The van der Waals surface area contributed by atoms with E-state index in [4.69, 9.17) is 5.73 Å². The molecule has 0 fully saturated rings. The zero-order valence-electron chi connectivity index (χ0n) is 12.3. The fraction of sp³-hybridized carbons (Fsp3) is 0.357. The van der Waals surface area contributed by atoms with Crippen LogP contribution in [0.15, 0.2) is 36.7 Å². The van der Waals surface area contributed by atoms with Crippen molar-refractivity contribution in [3.63, 3.8) is 0 Å². The van der Waals surface area contributed by atoms with Crippen molar-refractivity contribution in [1.82, 2.24) is 20.1 Å². The third-order valence-corrected chi connectivity index (χ3v) is 3.69. The van der Waals surface area contributed by atoms with Gasteiger partial charge in [-0.1, -0.05) is 18.2 Å². The predicted molar refractivity (Wildman–Crippen MR) is 91.4 cm³/mol. The summed E-state index contributed by atoms with van der Waals surface area (Å²) in [6.07, 6.45) is 4.29. The molecule has 0 saturated carbocycles. The van der Waals surface area contributed by atoms with Crippen molar-refractivity contribution in [1.29, 1.82) is 0 Å². The van der Waals surface area contributed by atoms with Gasteiger partial charge < -0.3 is 11.1 Å². The van der Waals surface area contributed by atoms with Gasteiger partial charge in [-0.15, -0.1) is 22.6 Å². The zero-order chi connectivity index (χ0) is 15.1. The molecule has 2 rings (SSSR count). The molecular weight excluding hydrogens is 322 g/mol. The number of hydrogen-bond donors (Lipinski definition) is 2. The third-order valence-electron chi connectivity index (χ3n) is 3.04. The van der Waals surface area contributed by atoms with Crippen LogP contribution >= 0.6 is 24.2 Å². The van der Waals surface area contributed by atoms with Gasteiger partial charge in [0.2, 0.25) is 5.91 Å². The summed E-state index contributed by atoms with van der Waals surface area (Å²) >= 11 is 1.68. The Morgan fingerprint density at radius 1 is 1.41 bits per heavy atom. The lowest BCUT2D eigenvalue weighted by Crippen LogP contribution is -2.40. The first-order valence-electron chi connectivity index (χ1n) is 6.69. The van der Waals surface area contributed by atoms with Crippen molar-refractivity contribution in [2.75, 3.05) is 12.0 Å². The van der Waals surface area contributed by atoms with Crippen LogP contribution < -0.4 is 11.1 Å². The van der Waals surface area contributed by atoms with Crippen LogP contribution in [0.4, 0.5) is 0 Å². The van der Waals surface area contributed by atoms with Crippen molar-refractivity contribution >= 4 is 30.1 Å². The van der Waals surface area contributed by atoms with Crippen molar-refractivity contribution in [3.05, 3.63) is 42.5 Å². The molecule has 1 amide bonds. The maximum Gasteiger partial charge on any atom is 0.237 e. The van der Waals surface area contributed by atoms with Crippen LogP contribution in [0.25, 0.3) is 5.69 Å². The summed E-state index contributed by atoms with van der Waals surface area (Å²) in [5.74, 6) is 1.38. The summed E-state index contributed by atoms with van der Waals surface area (Å²) in [5, 5.41) is 10.7. The molecule has 0 aliphatic carbocycles. The third kappa shape index (κ3) is 5.01. The molecular formula is C14H20ClN5OS. The zero-order valence-corrected chi connectivity index (χ0v) is 13.9. The maximum absolute atomic E-state index is 11.9. The smallest absolute Gasteiger partial charge is 0.237 e. The minimum absolute atomic E-state index is 0. The van der Waals surface area contributed by atoms with E-state index < -0.39 is 6.04 Å². The van der Waals surface area contributed by atoms with E-state index in [1.165, 1.54) is 0 Å². The second-order valence-corrected chi connectivity index (χ2v) is 5.54. The number of nitrogens with one attached hydrogen (secondary N) is 1. The topological polar surface area (TPSA) is 85.8 Å². The SMILES string of the molecule is CSCCC(N)C(=O)NCc1nncn1-c1ccccc1.Cl. The molecule has 0 aliphatic rings. The van der Waals surface area contributed by atoms with Crippen LogP contribution in [-0.2, 0) is 11.3 Å². The van der Waals surface area contributed by atoms with Gasteiger partial charge in [0.1, 0.15) is 6.33 Å². The highest BCUT2D eigenvalue weighted by molar-refractivity contribution is 7.98. The Labute approximate surface area is 140 Å². The van der Waals surface area contributed by atoms with E-state index in [0.717, 1.165) is 11.4 Å². The molecule has 1 atom stereocenters. The van der Waals surface area contributed by atoms with E-state index in [1.54, 1.807) is 18.1 Å². The number of rotatable bonds is 7. The molecule has 120 valence electrons. The van der Waals surface area contributed by atoms with Crippen molar-refractivity contribution < 1.29 is 4.79 Å². The fourth-order valence-electron chi connectivity index (χ4n) is 1.86. The van der Waals surface area contributed by atoms with Crippen LogP contribution in [-0.4, -0.2) is 38.7 Å². The lowest BCUT2D eigenvalue weighted by Gasteiger charge is -2.12. The Hall–Kier alpha value is -1.57. The molecule has 8 heteroatoms. The molecule has 0 saturated heterocycles. The average Bonchev–Trinajstić information content (AvgIpc) is 2.99. The Kier molecular flexibility index (Phi) is 7.94. The van der Waals surface area contributed by atoms with E-state index in [2.05, 4.69) is 15.5 Å². The minimum Gasteiger partial charge on any atom is -0.347 e.